The quantitative estimate of drug-likeness (QED) is 0.820. The summed E-state index contributed by atoms with van der Waals surface area (Å²) >= 11 is 3.48. The largest absolute Gasteiger partial charge is 0.326 e. The third-order valence-electron chi connectivity index (χ3n) is 4.82. The number of amides is 1. The van der Waals surface area contributed by atoms with Crippen molar-refractivity contribution in [1.82, 2.24) is 0 Å². The van der Waals surface area contributed by atoms with Gasteiger partial charge < -0.3 is 5.32 Å². The monoisotopic (exact) mass is 406 g/mol. The second-order valence-corrected chi connectivity index (χ2v) is 8.80. The normalized spacial score (nSPS) is 24.2. The SMILES string of the molecule is NS(=O)(=O)c1cccc(NC(=O)C2C3Cc4ccc(Br)cc4C32)c1. The first-order chi connectivity index (χ1) is 11.3. The van der Waals surface area contributed by atoms with Crippen molar-refractivity contribution >= 4 is 37.5 Å². The van der Waals surface area contributed by atoms with Gasteiger partial charge in [-0.15, -0.1) is 0 Å². The lowest BCUT2D eigenvalue weighted by Gasteiger charge is -2.10. The predicted octanol–water partition coefficient (Wildman–Crippen LogP) is 2.62. The number of halogens is 1. The molecule has 124 valence electrons. The molecular weight excluding hydrogens is 392 g/mol. The fourth-order valence-corrected chi connectivity index (χ4v) is 4.64. The number of hydrogen-bond acceptors (Lipinski definition) is 3. The van der Waals surface area contributed by atoms with E-state index < -0.39 is 10.0 Å². The number of sulfonamides is 1. The summed E-state index contributed by atoms with van der Waals surface area (Å²) in [5.41, 5.74) is 3.01. The summed E-state index contributed by atoms with van der Waals surface area (Å²) in [4.78, 5) is 12.5. The van der Waals surface area contributed by atoms with Crippen LogP contribution in [0.3, 0.4) is 0 Å². The first-order valence-corrected chi connectivity index (χ1v) is 9.90. The van der Waals surface area contributed by atoms with Gasteiger partial charge in [0.05, 0.1) is 4.90 Å². The molecule has 2 aliphatic rings. The highest BCUT2D eigenvalue weighted by molar-refractivity contribution is 9.10. The molecule has 0 bridgehead atoms. The van der Waals surface area contributed by atoms with Gasteiger partial charge in [0.25, 0.3) is 0 Å². The first-order valence-electron chi connectivity index (χ1n) is 7.56. The number of hydrogen-bond donors (Lipinski definition) is 2. The van der Waals surface area contributed by atoms with Gasteiger partial charge in [-0.1, -0.05) is 28.1 Å². The van der Waals surface area contributed by atoms with Gasteiger partial charge in [0.2, 0.25) is 15.9 Å². The van der Waals surface area contributed by atoms with Gasteiger partial charge >= 0.3 is 0 Å². The minimum absolute atomic E-state index is 0.00873. The Hall–Kier alpha value is -1.70. The fraction of sp³-hybridized carbons (Fsp3) is 0.235. The van der Waals surface area contributed by atoms with Gasteiger partial charge in [-0.3, -0.25) is 4.79 Å². The Balaban J connectivity index is 1.52. The molecule has 0 aliphatic heterocycles. The van der Waals surface area contributed by atoms with Crippen molar-refractivity contribution in [3.63, 3.8) is 0 Å². The molecule has 2 aromatic rings. The number of anilines is 1. The molecule has 0 spiro atoms. The summed E-state index contributed by atoms with van der Waals surface area (Å²) < 4.78 is 23.8. The molecule has 0 radical (unpaired) electrons. The van der Waals surface area contributed by atoms with E-state index in [1.165, 1.54) is 23.3 Å². The Labute approximate surface area is 148 Å². The third kappa shape index (κ3) is 2.66. The summed E-state index contributed by atoms with van der Waals surface area (Å²) in [6.45, 7) is 0. The second-order valence-electron chi connectivity index (χ2n) is 6.32. The summed E-state index contributed by atoms with van der Waals surface area (Å²) in [5.74, 6) is 0.488. The van der Waals surface area contributed by atoms with Gasteiger partial charge in [-0.05, 0) is 53.8 Å². The summed E-state index contributed by atoms with van der Waals surface area (Å²) in [7, 11) is -3.78. The zero-order valence-electron chi connectivity index (χ0n) is 12.6. The van der Waals surface area contributed by atoms with Crippen LogP contribution in [0.5, 0.6) is 0 Å². The van der Waals surface area contributed by atoms with Crippen molar-refractivity contribution in [3.05, 3.63) is 58.1 Å². The van der Waals surface area contributed by atoms with E-state index in [0.29, 0.717) is 11.6 Å². The molecule has 0 aromatic heterocycles. The Kier molecular flexibility index (Phi) is 3.56. The molecular formula is C17H15BrN2O3S. The van der Waals surface area contributed by atoms with E-state index in [-0.39, 0.29) is 22.6 Å². The fourth-order valence-electron chi connectivity index (χ4n) is 3.70. The second kappa shape index (κ2) is 5.40. The van der Waals surface area contributed by atoms with Gasteiger partial charge in [-0.2, -0.15) is 0 Å². The zero-order valence-corrected chi connectivity index (χ0v) is 15.0. The van der Waals surface area contributed by atoms with E-state index in [9.17, 15) is 13.2 Å². The van der Waals surface area contributed by atoms with Gasteiger partial charge in [0.1, 0.15) is 0 Å². The number of primary sulfonamides is 1. The Bertz CT molecular complexity index is 958. The lowest BCUT2D eigenvalue weighted by atomic mass is 10.0. The molecule has 1 fully saturated rings. The van der Waals surface area contributed by atoms with E-state index in [4.69, 9.17) is 5.14 Å². The first kappa shape index (κ1) is 15.8. The number of rotatable bonds is 3. The summed E-state index contributed by atoms with van der Waals surface area (Å²) in [5, 5.41) is 7.95. The summed E-state index contributed by atoms with van der Waals surface area (Å²) in [6.07, 6.45) is 0.919. The molecule has 4 rings (SSSR count). The van der Waals surface area contributed by atoms with Crippen molar-refractivity contribution in [1.29, 1.82) is 0 Å². The lowest BCUT2D eigenvalue weighted by Crippen LogP contribution is -2.18. The number of fused-ring (bicyclic) bond motifs is 3. The molecule has 3 N–H and O–H groups in total. The zero-order chi connectivity index (χ0) is 17.1. The van der Waals surface area contributed by atoms with Crippen LogP contribution in [0.1, 0.15) is 17.0 Å². The van der Waals surface area contributed by atoms with E-state index in [2.05, 4.69) is 33.4 Å². The van der Waals surface area contributed by atoms with Crippen LogP contribution in [0.2, 0.25) is 0 Å². The average molecular weight is 407 g/mol. The highest BCUT2D eigenvalue weighted by Gasteiger charge is 2.59. The van der Waals surface area contributed by atoms with Crippen molar-refractivity contribution in [3.8, 4) is 0 Å². The van der Waals surface area contributed by atoms with E-state index in [1.807, 2.05) is 6.07 Å². The molecule has 3 unspecified atom stereocenters. The minimum atomic E-state index is -3.78. The van der Waals surface area contributed by atoms with Crippen LogP contribution in [-0.4, -0.2) is 14.3 Å². The van der Waals surface area contributed by atoms with Crippen LogP contribution in [-0.2, 0) is 21.2 Å². The van der Waals surface area contributed by atoms with E-state index in [0.717, 1.165) is 10.9 Å². The number of nitrogens with one attached hydrogen (secondary N) is 1. The number of carbonyl (C=O) groups is 1. The maximum Gasteiger partial charge on any atom is 0.238 e. The van der Waals surface area contributed by atoms with Crippen LogP contribution in [0.15, 0.2) is 51.8 Å². The number of carbonyl (C=O) groups excluding carboxylic acids is 1. The van der Waals surface area contributed by atoms with Gasteiger partial charge in [0, 0.05) is 22.0 Å². The van der Waals surface area contributed by atoms with Crippen molar-refractivity contribution in [2.24, 2.45) is 17.0 Å². The predicted molar refractivity (Wildman–Crippen MR) is 94.0 cm³/mol. The molecule has 2 aromatic carbocycles. The van der Waals surface area contributed by atoms with Crippen LogP contribution in [0, 0.1) is 11.8 Å². The lowest BCUT2D eigenvalue weighted by molar-refractivity contribution is -0.117. The van der Waals surface area contributed by atoms with Crippen molar-refractivity contribution in [2.45, 2.75) is 17.2 Å². The Morgan fingerprint density at radius 3 is 2.75 bits per heavy atom. The Morgan fingerprint density at radius 2 is 2.00 bits per heavy atom. The molecule has 5 nitrogen and oxygen atoms in total. The average Bonchev–Trinajstić information content (AvgIpc) is 3.12. The Morgan fingerprint density at radius 1 is 1.21 bits per heavy atom. The van der Waals surface area contributed by atoms with E-state index in [1.54, 1.807) is 12.1 Å². The van der Waals surface area contributed by atoms with Crippen molar-refractivity contribution in [2.75, 3.05) is 5.32 Å². The molecule has 3 atom stereocenters. The highest BCUT2D eigenvalue weighted by Crippen LogP contribution is 2.61. The smallest absolute Gasteiger partial charge is 0.238 e. The molecule has 2 aliphatic carbocycles. The van der Waals surface area contributed by atoms with Crippen LogP contribution >= 0.6 is 15.9 Å². The molecule has 1 amide bonds. The van der Waals surface area contributed by atoms with Gasteiger partial charge in [0.15, 0.2) is 0 Å². The van der Waals surface area contributed by atoms with Crippen molar-refractivity contribution < 1.29 is 13.2 Å². The van der Waals surface area contributed by atoms with E-state index >= 15 is 0 Å². The van der Waals surface area contributed by atoms with Gasteiger partial charge in [-0.25, -0.2) is 13.6 Å². The maximum absolute atomic E-state index is 12.5. The standard InChI is InChI=1S/C17H15BrN2O3S/c18-10-5-4-9-6-14-15(13(9)7-10)16(14)17(21)20-11-2-1-3-12(8-11)24(19,22)23/h1-5,7-8,14-16H,6H2,(H,20,21)(H2,19,22,23). The third-order valence-corrected chi connectivity index (χ3v) is 6.23. The molecule has 0 saturated heterocycles. The molecule has 7 heteroatoms. The van der Waals surface area contributed by atoms with Crippen LogP contribution < -0.4 is 10.5 Å². The van der Waals surface area contributed by atoms with Crippen LogP contribution in [0.4, 0.5) is 5.69 Å². The minimum Gasteiger partial charge on any atom is -0.326 e. The number of nitrogens with two attached hydrogens (primary N) is 1. The topological polar surface area (TPSA) is 89.3 Å². The molecule has 0 heterocycles. The maximum atomic E-state index is 12.5. The molecule has 1 saturated carbocycles. The summed E-state index contributed by atoms with van der Waals surface area (Å²) in [6, 6.07) is 12.2. The van der Waals surface area contributed by atoms with Crippen LogP contribution in [0.25, 0.3) is 0 Å². The molecule has 24 heavy (non-hydrogen) atoms. The highest BCUT2D eigenvalue weighted by atomic mass is 79.9. The number of benzene rings is 2.